The molecule has 0 aliphatic rings. The number of nitrogens with zero attached hydrogens (tertiary/aromatic N) is 2. The van der Waals surface area contributed by atoms with Crippen LogP contribution < -0.4 is 10.1 Å². The molecule has 2 rings (SSSR count). The van der Waals surface area contributed by atoms with E-state index in [4.69, 9.17) is 16.3 Å². The Labute approximate surface area is 152 Å². The van der Waals surface area contributed by atoms with E-state index in [1.807, 2.05) is 24.4 Å². The second-order valence-corrected chi connectivity index (χ2v) is 7.35. The van der Waals surface area contributed by atoms with Crippen molar-refractivity contribution < 1.29 is 9.53 Å². The number of thiazole rings is 1. The molecule has 1 heterocycles. The quantitative estimate of drug-likeness (QED) is 0.769. The minimum Gasteiger partial charge on any atom is -0.480 e. The van der Waals surface area contributed by atoms with Crippen molar-refractivity contribution in [2.45, 2.75) is 19.6 Å². The van der Waals surface area contributed by atoms with Gasteiger partial charge in [0.1, 0.15) is 5.75 Å². The summed E-state index contributed by atoms with van der Waals surface area (Å²) in [5, 5.41) is 5.86. The third-order valence-corrected chi connectivity index (χ3v) is 4.49. The molecule has 1 aromatic heterocycles. The fourth-order valence-corrected chi connectivity index (χ4v) is 3.26. The van der Waals surface area contributed by atoms with Crippen LogP contribution in [0.2, 0.25) is 5.02 Å². The van der Waals surface area contributed by atoms with Gasteiger partial charge >= 0.3 is 0 Å². The summed E-state index contributed by atoms with van der Waals surface area (Å²) in [5.41, 5.74) is 0.921. The first-order valence-corrected chi connectivity index (χ1v) is 8.92. The van der Waals surface area contributed by atoms with Crippen LogP contribution in [0, 0.1) is 0 Å². The molecule has 1 amide bonds. The summed E-state index contributed by atoms with van der Waals surface area (Å²) in [6, 6.07) is 5.14. The minimum absolute atomic E-state index is 0.252. The molecule has 0 saturated heterocycles. The van der Waals surface area contributed by atoms with Crippen LogP contribution in [0.3, 0.4) is 0 Å². The number of carbonyl (C=O) groups is 1. The number of halogens is 2. The van der Waals surface area contributed by atoms with Gasteiger partial charge in [-0.2, -0.15) is 0 Å². The zero-order valence-corrected chi connectivity index (χ0v) is 16.1. The van der Waals surface area contributed by atoms with Crippen LogP contribution in [0.1, 0.15) is 12.6 Å². The monoisotopic (exact) mass is 417 g/mol. The van der Waals surface area contributed by atoms with Crippen molar-refractivity contribution in [2.24, 2.45) is 0 Å². The summed E-state index contributed by atoms with van der Waals surface area (Å²) >= 11 is 10.6. The standard InChI is InChI=1S/C15H17BrClN3O2S/c1-9(22-13-5-4-10(17)6-12(13)16)14(21)19-15-18-11(8-23-15)7-20(2)3/h4-6,8-9H,7H2,1-3H3,(H,18,19,21). The lowest BCUT2D eigenvalue weighted by atomic mass is 10.3. The van der Waals surface area contributed by atoms with Gasteiger partial charge in [-0.1, -0.05) is 11.6 Å². The average molecular weight is 419 g/mol. The normalized spacial score (nSPS) is 12.3. The highest BCUT2D eigenvalue weighted by molar-refractivity contribution is 9.10. The molecule has 0 aliphatic carbocycles. The summed E-state index contributed by atoms with van der Waals surface area (Å²) in [6.45, 7) is 2.42. The number of aromatic nitrogens is 1. The molecule has 0 fully saturated rings. The number of carbonyl (C=O) groups excluding carboxylic acids is 1. The van der Waals surface area contributed by atoms with Crippen LogP contribution >= 0.6 is 38.9 Å². The first-order valence-electron chi connectivity index (χ1n) is 6.87. The van der Waals surface area contributed by atoms with Crippen molar-refractivity contribution in [3.8, 4) is 5.75 Å². The molecule has 23 heavy (non-hydrogen) atoms. The Balaban J connectivity index is 1.95. The molecule has 0 saturated carbocycles. The molecular weight excluding hydrogens is 402 g/mol. The van der Waals surface area contributed by atoms with Crippen LogP contribution in [0.25, 0.3) is 0 Å². The van der Waals surface area contributed by atoms with E-state index in [0.29, 0.717) is 20.4 Å². The Hall–Kier alpha value is -1.15. The van der Waals surface area contributed by atoms with Gasteiger partial charge in [-0.05, 0) is 55.1 Å². The highest BCUT2D eigenvalue weighted by atomic mass is 79.9. The number of hydrogen-bond acceptors (Lipinski definition) is 5. The van der Waals surface area contributed by atoms with E-state index in [0.717, 1.165) is 12.2 Å². The molecule has 0 radical (unpaired) electrons. The van der Waals surface area contributed by atoms with Gasteiger partial charge in [-0.25, -0.2) is 4.98 Å². The molecule has 5 nitrogen and oxygen atoms in total. The smallest absolute Gasteiger partial charge is 0.266 e. The lowest BCUT2D eigenvalue weighted by Gasteiger charge is -2.15. The molecule has 2 aromatic rings. The number of rotatable bonds is 6. The van der Waals surface area contributed by atoms with E-state index < -0.39 is 6.10 Å². The molecule has 1 N–H and O–H groups in total. The Morgan fingerprint density at radius 3 is 2.91 bits per heavy atom. The van der Waals surface area contributed by atoms with Gasteiger partial charge in [0, 0.05) is 16.9 Å². The highest BCUT2D eigenvalue weighted by Crippen LogP contribution is 2.29. The maximum atomic E-state index is 12.2. The Morgan fingerprint density at radius 1 is 1.52 bits per heavy atom. The number of anilines is 1. The van der Waals surface area contributed by atoms with Crippen molar-refractivity contribution in [3.05, 3.63) is 38.8 Å². The van der Waals surface area contributed by atoms with Gasteiger partial charge in [0.05, 0.1) is 10.2 Å². The Kier molecular flexibility index (Phi) is 6.41. The van der Waals surface area contributed by atoms with Crippen LogP contribution in [0.5, 0.6) is 5.75 Å². The summed E-state index contributed by atoms with van der Waals surface area (Å²) in [7, 11) is 3.94. The molecule has 1 unspecified atom stereocenters. The number of nitrogens with one attached hydrogen (secondary N) is 1. The number of ether oxygens (including phenoxy) is 1. The predicted molar refractivity (Wildman–Crippen MR) is 97.4 cm³/mol. The van der Waals surface area contributed by atoms with E-state index in [-0.39, 0.29) is 5.91 Å². The lowest BCUT2D eigenvalue weighted by Crippen LogP contribution is -2.30. The van der Waals surface area contributed by atoms with Crippen LogP contribution in [-0.4, -0.2) is 36.0 Å². The molecule has 0 bridgehead atoms. The van der Waals surface area contributed by atoms with E-state index >= 15 is 0 Å². The lowest BCUT2D eigenvalue weighted by molar-refractivity contribution is -0.122. The van der Waals surface area contributed by atoms with Gasteiger partial charge in [0.25, 0.3) is 5.91 Å². The first kappa shape index (κ1) is 18.2. The second-order valence-electron chi connectivity index (χ2n) is 5.21. The first-order chi connectivity index (χ1) is 10.8. The second kappa shape index (κ2) is 8.10. The van der Waals surface area contributed by atoms with Crippen LogP contribution in [0.4, 0.5) is 5.13 Å². The minimum atomic E-state index is -0.659. The van der Waals surface area contributed by atoms with Gasteiger partial charge in [0.15, 0.2) is 11.2 Å². The van der Waals surface area contributed by atoms with Crippen molar-refractivity contribution >= 4 is 49.9 Å². The fourth-order valence-electron chi connectivity index (χ4n) is 1.78. The zero-order chi connectivity index (χ0) is 17.0. The SMILES string of the molecule is CC(Oc1ccc(Cl)cc1Br)C(=O)Nc1nc(CN(C)C)cs1. The molecule has 1 aromatic carbocycles. The summed E-state index contributed by atoms with van der Waals surface area (Å²) in [4.78, 5) is 18.6. The molecule has 8 heteroatoms. The van der Waals surface area contributed by atoms with Gasteiger partial charge in [-0.3, -0.25) is 10.1 Å². The topological polar surface area (TPSA) is 54.5 Å². The van der Waals surface area contributed by atoms with Crippen LogP contribution in [-0.2, 0) is 11.3 Å². The number of amides is 1. The molecule has 0 spiro atoms. The van der Waals surface area contributed by atoms with Crippen molar-refractivity contribution in [1.29, 1.82) is 0 Å². The highest BCUT2D eigenvalue weighted by Gasteiger charge is 2.17. The predicted octanol–water partition coefficient (Wildman–Crippen LogP) is 4.03. The number of benzene rings is 1. The third-order valence-electron chi connectivity index (χ3n) is 2.83. The maximum Gasteiger partial charge on any atom is 0.266 e. The van der Waals surface area contributed by atoms with E-state index in [1.54, 1.807) is 25.1 Å². The third kappa shape index (κ3) is 5.46. The zero-order valence-electron chi connectivity index (χ0n) is 13.0. The van der Waals surface area contributed by atoms with Crippen molar-refractivity contribution in [3.63, 3.8) is 0 Å². The van der Waals surface area contributed by atoms with E-state index in [2.05, 4.69) is 26.2 Å². The van der Waals surface area contributed by atoms with Gasteiger partial charge in [-0.15, -0.1) is 11.3 Å². The van der Waals surface area contributed by atoms with Gasteiger partial charge < -0.3 is 9.64 Å². The van der Waals surface area contributed by atoms with E-state index in [9.17, 15) is 4.79 Å². The molecule has 0 aliphatic heterocycles. The summed E-state index contributed by atoms with van der Waals surface area (Å²) in [5.74, 6) is 0.307. The van der Waals surface area contributed by atoms with Gasteiger partial charge in [0.2, 0.25) is 0 Å². The van der Waals surface area contributed by atoms with Crippen molar-refractivity contribution in [2.75, 3.05) is 19.4 Å². The fraction of sp³-hybridized carbons (Fsp3) is 0.333. The van der Waals surface area contributed by atoms with Crippen molar-refractivity contribution in [1.82, 2.24) is 9.88 Å². The summed E-state index contributed by atoms with van der Waals surface area (Å²) < 4.78 is 6.36. The molecule has 1 atom stereocenters. The van der Waals surface area contributed by atoms with Crippen LogP contribution in [0.15, 0.2) is 28.1 Å². The molecular formula is C15H17BrClN3O2S. The summed E-state index contributed by atoms with van der Waals surface area (Å²) in [6.07, 6.45) is -0.659. The van der Waals surface area contributed by atoms with E-state index in [1.165, 1.54) is 11.3 Å². The Bertz CT molecular complexity index is 693. The molecule has 124 valence electrons. The number of hydrogen-bond donors (Lipinski definition) is 1. The average Bonchev–Trinajstić information content (AvgIpc) is 2.88. The largest absolute Gasteiger partial charge is 0.480 e. The maximum absolute atomic E-state index is 12.2. The Morgan fingerprint density at radius 2 is 2.26 bits per heavy atom.